The van der Waals surface area contributed by atoms with E-state index in [1.54, 1.807) is 0 Å². The van der Waals surface area contributed by atoms with Crippen molar-refractivity contribution in [1.29, 1.82) is 0 Å². The Morgan fingerprint density at radius 1 is 1.33 bits per heavy atom. The molecule has 1 fully saturated rings. The quantitative estimate of drug-likeness (QED) is 0.429. The van der Waals surface area contributed by atoms with Gasteiger partial charge < -0.3 is 15.4 Å². The minimum atomic E-state index is 0. The molecule has 0 saturated carbocycles. The smallest absolute Gasteiger partial charge is 0.191 e. The van der Waals surface area contributed by atoms with Crippen molar-refractivity contribution in [3.8, 4) is 0 Å². The van der Waals surface area contributed by atoms with Crippen molar-refractivity contribution >= 4 is 29.9 Å². The summed E-state index contributed by atoms with van der Waals surface area (Å²) in [6, 6.07) is 0. The molecule has 4 nitrogen and oxygen atoms in total. The lowest BCUT2D eigenvalue weighted by molar-refractivity contribution is -0.0945. The fraction of sp³-hybridized carbons (Fsp3) is 0.923. The van der Waals surface area contributed by atoms with Crippen LogP contribution in [0.3, 0.4) is 0 Å². The maximum absolute atomic E-state index is 5.23. The molecule has 0 radical (unpaired) electrons. The Morgan fingerprint density at radius 3 is 2.44 bits per heavy atom. The van der Waals surface area contributed by atoms with Crippen LogP contribution < -0.4 is 10.6 Å². The van der Waals surface area contributed by atoms with Crippen LogP contribution in [0.25, 0.3) is 0 Å². The monoisotopic (exact) mass is 369 g/mol. The fourth-order valence-electron chi connectivity index (χ4n) is 1.63. The summed E-state index contributed by atoms with van der Waals surface area (Å²) in [5.41, 5.74) is 0.250. The number of rotatable bonds is 6. The first-order chi connectivity index (χ1) is 8.06. The molecule has 0 amide bonds. The Kier molecular flexibility index (Phi) is 8.94. The van der Waals surface area contributed by atoms with Gasteiger partial charge in [0.1, 0.15) is 0 Å². The molecule has 0 aliphatic carbocycles. The third kappa shape index (κ3) is 6.78. The molecule has 1 aliphatic heterocycles. The van der Waals surface area contributed by atoms with Gasteiger partial charge in [-0.3, -0.25) is 4.99 Å². The number of nitrogens with zero attached hydrogens (tertiary/aromatic N) is 1. The summed E-state index contributed by atoms with van der Waals surface area (Å²) in [5, 5.41) is 6.65. The van der Waals surface area contributed by atoms with E-state index in [1.807, 2.05) is 0 Å². The normalized spacial score (nSPS) is 17.9. The third-order valence-corrected chi connectivity index (χ3v) is 2.88. The van der Waals surface area contributed by atoms with E-state index in [0.717, 1.165) is 44.7 Å². The van der Waals surface area contributed by atoms with Gasteiger partial charge in [0, 0.05) is 18.5 Å². The number of hydrogen-bond acceptors (Lipinski definition) is 2. The molecule has 18 heavy (non-hydrogen) atoms. The first kappa shape index (κ1) is 18.0. The summed E-state index contributed by atoms with van der Waals surface area (Å²) in [6.07, 6.45) is 1.17. The number of aliphatic imine (C=N–C) groups is 1. The van der Waals surface area contributed by atoms with Crippen LogP contribution in [-0.2, 0) is 4.74 Å². The molecule has 1 aliphatic rings. The van der Waals surface area contributed by atoms with Crippen LogP contribution in [0, 0.1) is 11.3 Å². The zero-order chi connectivity index (χ0) is 12.7. The van der Waals surface area contributed by atoms with Crippen LogP contribution in [0.2, 0.25) is 0 Å². The Morgan fingerprint density at radius 2 is 2.00 bits per heavy atom. The molecule has 108 valence electrons. The molecule has 0 spiro atoms. The second-order valence-corrected chi connectivity index (χ2v) is 5.61. The van der Waals surface area contributed by atoms with Crippen molar-refractivity contribution < 1.29 is 4.74 Å². The van der Waals surface area contributed by atoms with Gasteiger partial charge in [-0.15, -0.1) is 24.0 Å². The van der Waals surface area contributed by atoms with Crippen LogP contribution in [-0.4, -0.2) is 38.8 Å². The first-order valence-electron chi connectivity index (χ1n) is 6.66. The molecule has 0 atom stereocenters. The Bertz CT molecular complexity index is 253. The molecule has 0 unspecified atom stereocenters. The molecule has 0 aromatic rings. The van der Waals surface area contributed by atoms with E-state index >= 15 is 0 Å². The highest BCUT2D eigenvalue weighted by molar-refractivity contribution is 14.0. The molecular weight excluding hydrogens is 341 g/mol. The van der Waals surface area contributed by atoms with Crippen molar-refractivity contribution in [1.82, 2.24) is 10.6 Å². The van der Waals surface area contributed by atoms with E-state index in [2.05, 4.69) is 43.3 Å². The third-order valence-electron chi connectivity index (χ3n) is 2.88. The van der Waals surface area contributed by atoms with Gasteiger partial charge in [0.05, 0.1) is 19.8 Å². The molecule has 0 aromatic carbocycles. The molecule has 0 bridgehead atoms. The van der Waals surface area contributed by atoms with E-state index in [0.29, 0.717) is 0 Å². The zero-order valence-corrected chi connectivity index (χ0v) is 14.4. The lowest BCUT2D eigenvalue weighted by atomic mass is 9.89. The molecule has 5 heteroatoms. The standard InChI is InChI=1S/C13H27N3O.HI/c1-5-14-12(15-7-6-11(2)3)16-8-13(4)9-17-10-13;/h11H,5-10H2,1-4H3,(H2,14,15,16);1H. The number of hydrogen-bond donors (Lipinski definition) is 2. The molecule has 1 heterocycles. The van der Waals surface area contributed by atoms with Gasteiger partial charge in [0.15, 0.2) is 5.96 Å². The van der Waals surface area contributed by atoms with Crippen molar-refractivity contribution in [2.75, 3.05) is 32.8 Å². The predicted molar refractivity (Wildman–Crippen MR) is 87.8 cm³/mol. The Labute approximate surface area is 128 Å². The SMILES string of the molecule is CCNC(=NCC1(C)COC1)NCCC(C)C.I. The highest BCUT2D eigenvalue weighted by Crippen LogP contribution is 2.26. The van der Waals surface area contributed by atoms with Crippen LogP contribution in [0.15, 0.2) is 4.99 Å². The number of guanidine groups is 1. The summed E-state index contributed by atoms with van der Waals surface area (Å²) in [5.74, 6) is 1.66. The van der Waals surface area contributed by atoms with Crippen molar-refractivity contribution in [2.45, 2.75) is 34.1 Å². The number of nitrogens with one attached hydrogen (secondary N) is 2. The Hall–Kier alpha value is -0.0400. The van der Waals surface area contributed by atoms with Crippen LogP contribution in [0.5, 0.6) is 0 Å². The van der Waals surface area contributed by atoms with Gasteiger partial charge in [0.2, 0.25) is 0 Å². The van der Waals surface area contributed by atoms with Crippen molar-refractivity contribution in [3.05, 3.63) is 0 Å². The van der Waals surface area contributed by atoms with E-state index in [-0.39, 0.29) is 29.4 Å². The van der Waals surface area contributed by atoms with Gasteiger partial charge in [-0.05, 0) is 19.3 Å². The first-order valence-corrected chi connectivity index (χ1v) is 6.66. The Balaban J connectivity index is 0.00000289. The minimum Gasteiger partial charge on any atom is -0.380 e. The van der Waals surface area contributed by atoms with Crippen molar-refractivity contribution in [3.63, 3.8) is 0 Å². The summed E-state index contributed by atoms with van der Waals surface area (Å²) < 4.78 is 5.23. The van der Waals surface area contributed by atoms with Crippen LogP contribution in [0.1, 0.15) is 34.1 Å². The van der Waals surface area contributed by atoms with Gasteiger partial charge >= 0.3 is 0 Å². The number of halogens is 1. The summed E-state index contributed by atoms with van der Waals surface area (Å²) in [4.78, 5) is 4.62. The fourth-order valence-corrected chi connectivity index (χ4v) is 1.63. The second kappa shape index (κ2) is 8.96. The van der Waals surface area contributed by atoms with E-state index in [1.165, 1.54) is 6.42 Å². The van der Waals surface area contributed by atoms with E-state index in [9.17, 15) is 0 Å². The maximum Gasteiger partial charge on any atom is 0.191 e. The largest absolute Gasteiger partial charge is 0.380 e. The summed E-state index contributed by atoms with van der Waals surface area (Å²) in [7, 11) is 0. The highest BCUT2D eigenvalue weighted by Gasteiger charge is 2.33. The topological polar surface area (TPSA) is 45.7 Å². The van der Waals surface area contributed by atoms with E-state index < -0.39 is 0 Å². The minimum absolute atomic E-state index is 0. The molecule has 1 saturated heterocycles. The second-order valence-electron chi connectivity index (χ2n) is 5.61. The lowest BCUT2D eigenvalue weighted by Gasteiger charge is -2.36. The summed E-state index contributed by atoms with van der Waals surface area (Å²) in [6.45, 7) is 13.2. The lowest BCUT2D eigenvalue weighted by Crippen LogP contribution is -2.44. The number of ether oxygens (including phenoxy) is 1. The average molecular weight is 369 g/mol. The zero-order valence-electron chi connectivity index (χ0n) is 12.1. The highest BCUT2D eigenvalue weighted by atomic mass is 127. The van der Waals surface area contributed by atoms with Crippen LogP contribution >= 0.6 is 24.0 Å². The summed E-state index contributed by atoms with van der Waals surface area (Å²) >= 11 is 0. The molecule has 1 rings (SSSR count). The molecule has 2 N–H and O–H groups in total. The van der Waals surface area contributed by atoms with E-state index in [4.69, 9.17) is 4.74 Å². The van der Waals surface area contributed by atoms with Crippen LogP contribution in [0.4, 0.5) is 0 Å². The molecule has 0 aromatic heterocycles. The molecular formula is C13H28IN3O. The van der Waals surface area contributed by atoms with Crippen molar-refractivity contribution in [2.24, 2.45) is 16.3 Å². The van der Waals surface area contributed by atoms with Gasteiger partial charge in [-0.1, -0.05) is 20.8 Å². The average Bonchev–Trinajstić information content (AvgIpc) is 2.23. The van der Waals surface area contributed by atoms with Gasteiger partial charge in [-0.2, -0.15) is 0 Å². The predicted octanol–water partition coefficient (Wildman–Crippen LogP) is 2.24. The maximum atomic E-state index is 5.23. The van der Waals surface area contributed by atoms with Gasteiger partial charge in [0.25, 0.3) is 0 Å². The van der Waals surface area contributed by atoms with Gasteiger partial charge in [-0.25, -0.2) is 0 Å².